The Labute approximate surface area is 119 Å². The third-order valence-electron chi connectivity index (χ3n) is 3.86. The van der Waals surface area contributed by atoms with Crippen molar-refractivity contribution in [2.45, 2.75) is 33.6 Å². The zero-order chi connectivity index (χ0) is 13.4. The minimum absolute atomic E-state index is 0.272. The van der Waals surface area contributed by atoms with Crippen LogP contribution in [0.25, 0.3) is 0 Å². The maximum Gasteiger partial charge on any atom is 0.0630 e. The second kappa shape index (κ2) is 5.07. The molecule has 1 nitrogen and oxygen atoms in total. The molecule has 0 saturated carbocycles. The lowest BCUT2D eigenvalue weighted by molar-refractivity contribution is 0.623. The van der Waals surface area contributed by atoms with Gasteiger partial charge in [-0.2, -0.15) is 0 Å². The third kappa shape index (κ3) is 2.22. The standard InChI is InChI=1S/C15H17Cl2N/c1-8-10(3)18-11(4)9(2)14(8)12-6-5-7-13(16)15(12)17/h5-8,14H,1-4H3. The summed E-state index contributed by atoms with van der Waals surface area (Å²) in [5.41, 5.74) is 4.62. The summed E-state index contributed by atoms with van der Waals surface area (Å²) >= 11 is 12.5. The lowest BCUT2D eigenvalue weighted by atomic mass is 9.77. The van der Waals surface area contributed by atoms with Crippen LogP contribution in [0.1, 0.15) is 39.2 Å². The van der Waals surface area contributed by atoms with Crippen molar-refractivity contribution in [2.24, 2.45) is 10.9 Å². The number of rotatable bonds is 1. The number of hydrogen-bond donors (Lipinski definition) is 0. The molecule has 0 bridgehead atoms. The summed E-state index contributed by atoms with van der Waals surface area (Å²) in [5, 5.41) is 1.28. The summed E-state index contributed by atoms with van der Waals surface area (Å²) in [6.07, 6.45) is 0. The normalized spacial score (nSPS) is 24.2. The Morgan fingerprint density at radius 2 is 1.78 bits per heavy atom. The van der Waals surface area contributed by atoms with Crippen LogP contribution in [0.4, 0.5) is 0 Å². The van der Waals surface area contributed by atoms with E-state index in [-0.39, 0.29) is 5.92 Å². The van der Waals surface area contributed by atoms with Crippen molar-refractivity contribution in [1.82, 2.24) is 0 Å². The first kappa shape index (κ1) is 13.6. The molecule has 3 heteroatoms. The van der Waals surface area contributed by atoms with Gasteiger partial charge in [-0.15, -0.1) is 0 Å². The fourth-order valence-electron chi connectivity index (χ4n) is 2.56. The van der Waals surface area contributed by atoms with Crippen LogP contribution in [0.3, 0.4) is 0 Å². The van der Waals surface area contributed by atoms with Crippen molar-refractivity contribution in [3.8, 4) is 0 Å². The highest BCUT2D eigenvalue weighted by Gasteiger charge is 2.29. The number of allylic oxidation sites excluding steroid dienone is 2. The Balaban J connectivity index is 2.57. The van der Waals surface area contributed by atoms with Gasteiger partial charge in [0, 0.05) is 23.2 Å². The second-order valence-corrected chi connectivity index (χ2v) is 5.72. The fraction of sp³-hybridized carbons (Fsp3) is 0.400. The zero-order valence-corrected chi connectivity index (χ0v) is 12.6. The van der Waals surface area contributed by atoms with E-state index < -0.39 is 0 Å². The van der Waals surface area contributed by atoms with Crippen molar-refractivity contribution < 1.29 is 0 Å². The smallest absolute Gasteiger partial charge is 0.0630 e. The van der Waals surface area contributed by atoms with Gasteiger partial charge in [0.15, 0.2) is 0 Å². The lowest BCUT2D eigenvalue weighted by Gasteiger charge is -2.31. The van der Waals surface area contributed by atoms with Crippen LogP contribution >= 0.6 is 23.2 Å². The molecule has 0 saturated heterocycles. The highest BCUT2D eigenvalue weighted by molar-refractivity contribution is 6.42. The Kier molecular flexibility index (Phi) is 3.84. The summed E-state index contributed by atoms with van der Waals surface area (Å²) in [6.45, 7) is 8.45. The minimum atomic E-state index is 0.272. The highest BCUT2D eigenvalue weighted by atomic mass is 35.5. The van der Waals surface area contributed by atoms with Crippen molar-refractivity contribution in [3.63, 3.8) is 0 Å². The first-order valence-electron chi connectivity index (χ1n) is 6.10. The van der Waals surface area contributed by atoms with Crippen LogP contribution in [-0.4, -0.2) is 5.71 Å². The molecule has 0 radical (unpaired) electrons. The van der Waals surface area contributed by atoms with E-state index in [1.807, 2.05) is 12.1 Å². The third-order valence-corrected chi connectivity index (χ3v) is 4.69. The molecule has 0 spiro atoms. The summed E-state index contributed by atoms with van der Waals surface area (Å²) in [7, 11) is 0. The number of halogens is 2. The van der Waals surface area contributed by atoms with E-state index >= 15 is 0 Å². The maximum atomic E-state index is 6.36. The molecule has 1 aliphatic heterocycles. The van der Waals surface area contributed by atoms with Crippen LogP contribution < -0.4 is 0 Å². The Morgan fingerprint density at radius 3 is 2.44 bits per heavy atom. The quantitative estimate of drug-likeness (QED) is 0.646. The van der Waals surface area contributed by atoms with Crippen molar-refractivity contribution in [3.05, 3.63) is 45.1 Å². The lowest BCUT2D eigenvalue weighted by Crippen LogP contribution is -2.23. The van der Waals surface area contributed by atoms with Gasteiger partial charge in [-0.3, -0.25) is 4.99 Å². The Bertz CT molecular complexity index is 543. The number of benzene rings is 1. The molecule has 0 aliphatic carbocycles. The van der Waals surface area contributed by atoms with E-state index in [1.54, 1.807) is 0 Å². The van der Waals surface area contributed by atoms with Gasteiger partial charge in [-0.05, 0) is 38.0 Å². The van der Waals surface area contributed by atoms with E-state index in [2.05, 4.69) is 38.8 Å². The molecule has 1 heterocycles. The summed E-state index contributed by atoms with van der Waals surface area (Å²) in [4.78, 5) is 4.59. The van der Waals surface area contributed by atoms with Gasteiger partial charge < -0.3 is 0 Å². The van der Waals surface area contributed by atoms with Gasteiger partial charge in [0.05, 0.1) is 10.0 Å². The first-order valence-corrected chi connectivity index (χ1v) is 6.85. The number of aliphatic imine (C=N–C) groups is 1. The fourth-order valence-corrected chi connectivity index (χ4v) is 2.98. The molecule has 2 atom stereocenters. The molecule has 0 aromatic heterocycles. The highest BCUT2D eigenvalue weighted by Crippen LogP contribution is 2.42. The maximum absolute atomic E-state index is 6.36. The van der Waals surface area contributed by atoms with Crippen molar-refractivity contribution >= 4 is 28.9 Å². The Morgan fingerprint density at radius 1 is 1.11 bits per heavy atom. The average Bonchev–Trinajstić information content (AvgIpc) is 2.32. The van der Waals surface area contributed by atoms with Gasteiger partial charge in [-0.1, -0.05) is 42.3 Å². The predicted octanol–water partition coefficient (Wildman–Crippen LogP) is 5.48. The van der Waals surface area contributed by atoms with Gasteiger partial charge in [-0.25, -0.2) is 0 Å². The van der Waals surface area contributed by atoms with Crippen LogP contribution in [0, 0.1) is 5.92 Å². The van der Waals surface area contributed by atoms with E-state index in [0.717, 1.165) is 17.0 Å². The molecular formula is C15H17Cl2N. The monoisotopic (exact) mass is 281 g/mol. The van der Waals surface area contributed by atoms with E-state index in [4.69, 9.17) is 23.2 Å². The van der Waals surface area contributed by atoms with E-state index in [0.29, 0.717) is 16.0 Å². The molecule has 0 fully saturated rings. The summed E-state index contributed by atoms with van der Waals surface area (Å²) in [5.74, 6) is 0.623. The van der Waals surface area contributed by atoms with Crippen LogP contribution in [-0.2, 0) is 0 Å². The van der Waals surface area contributed by atoms with Crippen molar-refractivity contribution in [1.29, 1.82) is 0 Å². The van der Waals surface area contributed by atoms with Gasteiger partial charge in [0.1, 0.15) is 0 Å². The van der Waals surface area contributed by atoms with Crippen molar-refractivity contribution in [2.75, 3.05) is 0 Å². The molecule has 2 rings (SSSR count). The second-order valence-electron chi connectivity index (χ2n) is 4.93. The molecule has 1 aromatic rings. The van der Waals surface area contributed by atoms with E-state index in [1.165, 1.54) is 5.57 Å². The molecule has 1 aromatic carbocycles. The van der Waals surface area contributed by atoms with Crippen LogP contribution in [0.5, 0.6) is 0 Å². The van der Waals surface area contributed by atoms with Gasteiger partial charge in [0.25, 0.3) is 0 Å². The Hall–Kier alpha value is -0.790. The molecule has 18 heavy (non-hydrogen) atoms. The zero-order valence-electron chi connectivity index (χ0n) is 11.1. The molecule has 0 amide bonds. The predicted molar refractivity (Wildman–Crippen MR) is 79.9 cm³/mol. The molecule has 2 unspecified atom stereocenters. The largest absolute Gasteiger partial charge is 0.263 e. The summed E-state index contributed by atoms with van der Waals surface area (Å²) < 4.78 is 0. The molecule has 96 valence electrons. The topological polar surface area (TPSA) is 12.4 Å². The van der Waals surface area contributed by atoms with Gasteiger partial charge >= 0.3 is 0 Å². The SMILES string of the molecule is CC1=NC(C)=C(C)C(c2cccc(Cl)c2Cl)C1C. The minimum Gasteiger partial charge on any atom is -0.263 e. The average molecular weight is 282 g/mol. The molecule has 0 N–H and O–H groups in total. The molecular weight excluding hydrogens is 265 g/mol. The molecule has 1 aliphatic rings. The summed E-state index contributed by atoms with van der Waals surface area (Å²) in [6, 6.07) is 5.85. The van der Waals surface area contributed by atoms with Gasteiger partial charge in [0.2, 0.25) is 0 Å². The number of hydrogen-bond acceptors (Lipinski definition) is 1. The van der Waals surface area contributed by atoms with E-state index in [9.17, 15) is 0 Å². The van der Waals surface area contributed by atoms with Crippen LogP contribution in [0.2, 0.25) is 10.0 Å². The number of nitrogens with zero attached hydrogens (tertiary/aromatic N) is 1. The first-order chi connectivity index (χ1) is 8.43. The van der Waals surface area contributed by atoms with Crippen LogP contribution in [0.15, 0.2) is 34.5 Å².